The van der Waals surface area contributed by atoms with Gasteiger partial charge < -0.3 is 5.73 Å². The van der Waals surface area contributed by atoms with Gasteiger partial charge in [0, 0.05) is 18.0 Å². The Hall–Kier alpha value is -2.16. The summed E-state index contributed by atoms with van der Waals surface area (Å²) in [6, 6.07) is 13.3. The quantitative estimate of drug-likeness (QED) is 0.592. The highest BCUT2D eigenvalue weighted by Gasteiger charge is 1.96. The highest BCUT2D eigenvalue weighted by atomic mass is 14.9. The van der Waals surface area contributed by atoms with Gasteiger partial charge in [0.1, 0.15) is 5.84 Å². The lowest BCUT2D eigenvalue weighted by Crippen LogP contribution is -2.12. The Morgan fingerprint density at radius 1 is 1.00 bits per heavy atom. The average molecular weight is 197 g/mol. The van der Waals surface area contributed by atoms with Crippen molar-refractivity contribution in [3.8, 4) is 0 Å². The Morgan fingerprint density at radius 3 is 2.33 bits per heavy atom. The van der Waals surface area contributed by atoms with E-state index in [1.807, 2.05) is 42.5 Å². The van der Waals surface area contributed by atoms with Crippen LogP contribution in [0.4, 0.5) is 5.69 Å². The molecule has 1 aromatic heterocycles. The summed E-state index contributed by atoms with van der Waals surface area (Å²) in [6.45, 7) is 0. The molecule has 3 nitrogen and oxygen atoms in total. The highest BCUT2D eigenvalue weighted by molar-refractivity contribution is 5.98. The normalized spacial score (nSPS) is 11.3. The lowest BCUT2D eigenvalue weighted by molar-refractivity contribution is 1.31. The maximum absolute atomic E-state index is 5.86. The largest absolute Gasteiger partial charge is 0.383 e. The van der Waals surface area contributed by atoms with Crippen molar-refractivity contribution in [3.63, 3.8) is 0 Å². The average Bonchev–Trinajstić information content (AvgIpc) is 2.31. The smallest absolute Gasteiger partial charge is 0.131 e. The van der Waals surface area contributed by atoms with E-state index in [9.17, 15) is 0 Å². The van der Waals surface area contributed by atoms with Gasteiger partial charge in [0.25, 0.3) is 0 Å². The van der Waals surface area contributed by atoms with Gasteiger partial charge >= 0.3 is 0 Å². The van der Waals surface area contributed by atoms with E-state index in [1.54, 1.807) is 12.4 Å². The minimum absolute atomic E-state index is 0.516. The summed E-state index contributed by atoms with van der Waals surface area (Å²) < 4.78 is 0. The highest BCUT2D eigenvalue weighted by Crippen LogP contribution is 2.10. The first kappa shape index (κ1) is 9.40. The molecule has 0 saturated heterocycles. The lowest BCUT2D eigenvalue weighted by atomic mass is 10.2. The van der Waals surface area contributed by atoms with Crippen molar-refractivity contribution in [2.24, 2.45) is 10.7 Å². The second-order valence-corrected chi connectivity index (χ2v) is 3.07. The second kappa shape index (κ2) is 4.37. The van der Waals surface area contributed by atoms with Gasteiger partial charge in [-0.15, -0.1) is 0 Å². The van der Waals surface area contributed by atoms with Crippen molar-refractivity contribution in [3.05, 3.63) is 60.4 Å². The summed E-state index contributed by atoms with van der Waals surface area (Å²) in [6.07, 6.45) is 3.38. The molecule has 0 spiro atoms. The molecule has 1 aromatic carbocycles. The molecule has 0 aliphatic carbocycles. The van der Waals surface area contributed by atoms with Crippen LogP contribution >= 0.6 is 0 Å². The number of aromatic nitrogens is 1. The monoisotopic (exact) mass is 197 g/mol. The molecule has 2 aromatic rings. The van der Waals surface area contributed by atoms with Gasteiger partial charge in [0.15, 0.2) is 0 Å². The van der Waals surface area contributed by atoms with Gasteiger partial charge in [-0.05, 0) is 12.1 Å². The first-order valence-electron chi connectivity index (χ1n) is 4.66. The van der Waals surface area contributed by atoms with Crippen molar-refractivity contribution in [2.75, 3.05) is 0 Å². The standard InChI is InChI=1S/C12H11N3/c13-12(10-4-2-1-3-5-10)15-11-6-8-14-9-7-11/h1-9H,(H2,13,14,15). The molecule has 2 rings (SSSR count). The zero-order valence-electron chi connectivity index (χ0n) is 8.17. The number of aliphatic imine (C=N–C) groups is 1. The third-order valence-electron chi connectivity index (χ3n) is 1.98. The maximum Gasteiger partial charge on any atom is 0.131 e. The number of nitrogens with two attached hydrogens (primary N) is 1. The first-order valence-corrected chi connectivity index (χ1v) is 4.66. The predicted molar refractivity (Wildman–Crippen MR) is 61.1 cm³/mol. The summed E-state index contributed by atoms with van der Waals surface area (Å²) in [5.41, 5.74) is 7.59. The summed E-state index contributed by atoms with van der Waals surface area (Å²) in [7, 11) is 0. The molecule has 0 aliphatic heterocycles. The van der Waals surface area contributed by atoms with E-state index in [4.69, 9.17) is 5.73 Å². The van der Waals surface area contributed by atoms with Gasteiger partial charge in [0.2, 0.25) is 0 Å². The molecule has 74 valence electrons. The SMILES string of the molecule is NC(=Nc1ccncc1)c1ccccc1. The molecule has 0 fully saturated rings. The van der Waals surface area contributed by atoms with Crippen molar-refractivity contribution in [2.45, 2.75) is 0 Å². The molecule has 1 heterocycles. The molecule has 0 unspecified atom stereocenters. The van der Waals surface area contributed by atoms with Crippen LogP contribution in [0.5, 0.6) is 0 Å². The fourth-order valence-corrected chi connectivity index (χ4v) is 1.23. The Bertz CT molecular complexity index is 449. The Morgan fingerprint density at radius 2 is 1.67 bits per heavy atom. The van der Waals surface area contributed by atoms with Crippen LogP contribution in [0.3, 0.4) is 0 Å². The van der Waals surface area contributed by atoms with Crippen molar-refractivity contribution in [1.82, 2.24) is 4.98 Å². The number of pyridine rings is 1. The number of nitrogens with zero attached hydrogens (tertiary/aromatic N) is 2. The molecule has 0 radical (unpaired) electrons. The summed E-state index contributed by atoms with van der Waals surface area (Å²) in [5, 5.41) is 0. The molecular formula is C12H11N3. The van der Waals surface area contributed by atoms with Crippen LogP contribution in [0, 0.1) is 0 Å². The number of rotatable bonds is 2. The predicted octanol–water partition coefficient (Wildman–Crippen LogP) is 2.12. The summed E-state index contributed by atoms with van der Waals surface area (Å²) >= 11 is 0. The molecule has 0 amide bonds. The summed E-state index contributed by atoms with van der Waals surface area (Å²) in [5.74, 6) is 0.516. The van der Waals surface area contributed by atoms with Crippen molar-refractivity contribution < 1.29 is 0 Å². The van der Waals surface area contributed by atoms with E-state index in [1.165, 1.54) is 0 Å². The van der Waals surface area contributed by atoms with Crippen LogP contribution in [-0.2, 0) is 0 Å². The molecule has 0 saturated carbocycles. The number of hydrogen-bond acceptors (Lipinski definition) is 2. The van der Waals surface area contributed by atoms with Crippen LogP contribution in [0.2, 0.25) is 0 Å². The van der Waals surface area contributed by atoms with E-state index < -0.39 is 0 Å². The van der Waals surface area contributed by atoms with Crippen molar-refractivity contribution in [1.29, 1.82) is 0 Å². The van der Waals surface area contributed by atoms with Gasteiger partial charge in [-0.2, -0.15) is 0 Å². The fourth-order valence-electron chi connectivity index (χ4n) is 1.23. The fraction of sp³-hybridized carbons (Fsp3) is 0. The molecule has 0 bridgehead atoms. The van der Waals surface area contributed by atoms with E-state index in [-0.39, 0.29) is 0 Å². The second-order valence-electron chi connectivity index (χ2n) is 3.07. The lowest BCUT2D eigenvalue weighted by Gasteiger charge is -1.99. The zero-order valence-corrected chi connectivity index (χ0v) is 8.17. The van der Waals surface area contributed by atoms with Gasteiger partial charge in [-0.1, -0.05) is 30.3 Å². The van der Waals surface area contributed by atoms with Crippen molar-refractivity contribution >= 4 is 11.5 Å². The number of hydrogen-bond donors (Lipinski definition) is 1. The third-order valence-corrected chi connectivity index (χ3v) is 1.98. The van der Waals surface area contributed by atoms with E-state index in [0.717, 1.165) is 11.3 Å². The zero-order chi connectivity index (χ0) is 10.5. The molecule has 0 aliphatic rings. The topological polar surface area (TPSA) is 51.3 Å². The number of amidine groups is 1. The Labute approximate surface area is 88.3 Å². The van der Waals surface area contributed by atoms with Crippen LogP contribution in [0.15, 0.2) is 59.9 Å². The number of benzene rings is 1. The van der Waals surface area contributed by atoms with Gasteiger partial charge in [-0.3, -0.25) is 4.98 Å². The molecule has 0 atom stereocenters. The van der Waals surface area contributed by atoms with Crippen LogP contribution in [0.25, 0.3) is 0 Å². The minimum atomic E-state index is 0.516. The van der Waals surface area contributed by atoms with Crippen LogP contribution in [-0.4, -0.2) is 10.8 Å². The minimum Gasteiger partial charge on any atom is -0.383 e. The molecule has 2 N–H and O–H groups in total. The molecular weight excluding hydrogens is 186 g/mol. The third kappa shape index (κ3) is 2.40. The van der Waals surface area contributed by atoms with E-state index in [0.29, 0.717) is 5.84 Å². The molecule has 15 heavy (non-hydrogen) atoms. The van der Waals surface area contributed by atoms with E-state index >= 15 is 0 Å². The Kier molecular flexibility index (Phi) is 2.74. The van der Waals surface area contributed by atoms with Gasteiger partial charge in [0.05, 0.1) is 5.69 Å². The van der Waals surface area contributed by atoms with Gasteiger partial charge in [-0.25, -0.2) is 4.99 Å². The Balaban J connectivity index is 2.29. The first-order chi connectivity index (χ1) is 7.36. The molecule has 3 heteroatoms. The van der Waals surface area contributed by atoms with E-state index in [2.05, 4.69) is 9.98 Å². The van der Waals surface area contributed by atoms with Crippen LogP contribution < -0.4 is 5.73 Å². The summed E-state index contributed by atoms with van der Waals surface area (Å²) in [4.78, 5) is 8.20. The maximum atomic E-state index is 5.86. The van der Waals surface area contributed by atoms with Crippen LogP contribution in [0.1, 0.15) is 5.56 Å².